The first-order valence-electron chi connectivity index (χ1n) is 5.87. The van der Waals surface area contributed by atoms with Crippen molar-refractivity contribution in [1.29, 1.82) is 0 Å². The molecule has 0 saturated heterocycles. The molecule has 0 saturated carbocycles. The van der Waals surface area contributed by atoms with Crippen LogP contribution in [-0.2, 0) is 5.54 Å². The SMILES string of the molecule is [Ca+2].[O-]C1=NC(c2ccccc2)(c2ccccc2)C([O-])=N1. The maximum atomic E-state index is 12.2. The van der Waals surface area contributed by atoms with Gasteiger partial charge in [-0.1, -0.05) is 60.7 Å². The molecule has 1 aliphatic rings. The Bertz CT molecular complexity index is 615. The standard InChI is InChI=1S/C15H12N2O2.Ca/c18-13-15(17-14(19)16-13,11-7-3-1-4-8-11)12-9-5-2-6-10-12;/h1-10H,(H2,16,17,18,19);/q;+2/p-2. The van der Waals surface area contributed by atoms with Crippen molar-refractivity contribution in [3.05, 3.63) is 71.8 Å². The normalized spacial score (nSPS) is 16.0. The van der Waals surface area contributed by atoms with Crippen molar-refractivity contribution < 1.29 is 10.2 Å². The zero-order chi connectivity index (χ0) is 13.3. The van der Waals surface area contributed by atoms with Gasteiger partial charge in [0.1, 0.15) is 5.54 Å². The van der Waals surface area contributed by atoms with Gasteiger partial charge in [0.05, 0.1) is 6.02 Å². The first-order chi connectivity index (χ1) is 9.23. The molecule has 1 aliphatic heterocycles. The molecule has 0 bridgehead atoms. The summed E-state index contributed by atoms with van der Waals surface area (Å²) in [5.74, 6) is -0.532. The number of nitrogens with zero attached hydrogens (tertiary/aromatic N) is 2. The van der Waals surface area contributed by atoms with Gasteiger partial charge in [-0.15, -0.1) is 0 Å². The molecule has 2 aromatic carbocycles. The van der Waals surface area contributed by atoms with E-state index >= 15 is 0 Å². The fourth-order valence-corrected chi connectivity index (χ4v) is 2.29. The van der Waals surface area contributed by atoms with Crippen molar-refractivity contribution in [3.8, 4) is 0 Å². The van der Waals surface area contributed by atoms with E-state index in [0.29, 0.717) is 11.1 Å². The van der Waals surface area contributed by atoms with Gasteiger partial charge in [0.15, 0.2) is 0 Å². The molecule has 0 aromatic heterocycles. The van der Waals surface area contributed by atoms with Crippen molar-refractivity contribution in [2.75, 3.05) is 0 Å². The first kappa shape index (κ1) is 15.0. The van der Waals surface area contributed by atoms with Crippen molar-refractivity contribution in [2.45, 2.75) is 5.54 Å². The summed E-state index contributed by atoms with van der Waals surface area (Å²) in [5.41, 5.74) is -0.0128. The van der Waals surface area contributed by atoms with Crippen molar-refractivity contribution in [1.82, 2.24) is 0 Å². The van der Waals surface area contributed by atoms with Crippen LogP contribution in [0.15, 0.2) is 70.6 Å². The monoisotopic (exact) mass is 290 g/mol. The third-order valence-corrected chi connectivity index (χ3v) is 3.15. The van der Waals surface area contributed by atoms with Crippen molar-refractivity contribution in [3.63, 3.8) is 0 Å². The van der Waals surface area contributed by atoms with E-state index in [1.165, 1.54) is 0 Å². The Morgan fingerprint density at radius 3 is 1.55 bits per heavy atom. The van der Waals surface area contributed by atoms with E-state index in [4.69, 9.17) is 0 Å². The Labute approximate surface area is 146 Å². The quantitative estimate of drug-likeness (QED) is 0.733. The molecule has 20 heavy (non-hydrogen) atoms. The van der Waals surface area contributed by atoms with Crippen LogP contribution in [0, 0.1) is 0 Å². The molecule has 0 spiro atoms. The van der Waals surface area contributed by atoms with Crippen LogP contribution in [0.1, 0.15) is 11.1 Å². The summed E-state index contributed by atoms with van der Waals surface area (Å²) in [7, 11) is 0. The molecule has 3 rings (SSSR count). The Morgan fingerprint density at radius 2 is 1.20 bits per heavy atom. The molecule has 0 atom stereocenters. The minimum atomic E-state index is -1.32. The molecule has 2 aromatic rings. The van der Waals surface area contributed by atoms with E-state index in [2.05, 4.69) is 9.98 Å². The van der Waals surface area contributed by atoms with Crippen LogP contribution in [0.5, 0.6) is 0 Å². The number of rotatable bonds is 2. The van der Waals surface area contributed by atoms with Crippen molar-refractivity contribution in [2.24, 2.45) is 9.98 Å². The fraction of sp³-hybridized carbons (Fsp3) is 0.0667. The van der Waals surface area contributed by atoms with E-state index in [9.17, 15) is 10.2 Å². The molecule has 0 N–H and O–H groups in total. The van der Waals surface area contributed by atoms with Crippen molar-refractivity contribution >= 4 is 49.7 Å². The average molecular weight is 290 g/mol. The Balaban J connectivity index is 0.00000147. The van der Waals surface area contributed by atoms with Gasteiger partial charge in [0.2, 0.25) is 0 Å². The van der Waals surface area contributed by atoms with Crippen LogP contribution in [-0.4, -0.2) is 49.7 Å². The molecule has 0 aliphatic carbocycles. The van der Waals surface area contributed by atoms with Gasteiger partial charge in [-0.3, -0.25) is 9.98 Å². The summed E-state index contributed by atoms with van der Waals surface area (Å²) >= 11 is 0. The molecule has 1 heterocycles. The Kier molecular flexibility index (Phi) is 4.48. The second-order valence-electron chi connectivity index (χ2n) is 4.25. The predicted octanol–water partition coefficient (Wildman–Crippen LogP) is 0.0381. The summed E-state index contributed by atoms with van der Waals surface area (Å²) in [6.45, 7) is 0. The van der Waals surface area contributed by atoms with E-state index in [0.717, 1.165) is 0 Å². The van der Waals surface area contributed by atoms with Gasteiger partial charge in [0.25, 0.3) is 0 Å². The molecular formula is C15H10CaN2O2. The molecule has 0 amide bonds. The number of hydrogen-bond acceptors (Lipinski definition) is 4. The maximum Gasteiger partial charge on any atom is 2.00 e. The van der Waals surface area contributed by atoms with Crippen LogP contribution in [0.3, 0.4) is 0 Å². The smallest absolute Gasteiger partial charge is 0.860 e. The third kappa shape index (κ3) is 2.35. The van der Waals surface area contributed by atoms with Crippen LogP contribution in [0.4, 0.5) is 0 Å². The maximum absolute atomic E-state index is 12.2. The summed E-state index contributed by atoms with van der Waals surface area (Å²) in [6.07, 6.45) is 0. The number of benzene rings is 2. The zero-order valence-corrected chi connectivity index (χ0v) is 12.9. The van der Waals surface area contributed by atoms with Crippen LogP contribution < -0.4 is 10.2 Å². The molecule has 0 unspecified atom stereocenters. The van der Waals surface area contributed by atoms with Crippen LogP contribution >= 0.6 is 0 Å². The zero-order valence-electron chi connectivity index (χ0n) is 10.7. The minimum absolute atomic E-state index is 0. The first-order valence-corrected chi connectivity index (χ1v) is 5.87. The summed E-state index contributed by atoms with van der Waals surface area (Å²) in [5, 5.41) is 23.7. The average Bonchev–Trinajstić information content (AvgIpc) is 2.76. The van der Waals surface area contributed by atoms with Gasteiger partial charge in [-0.25, -0.2) is 0 Å². The van der Waals surface area contributed by atoms with Crippen LogP contribution in [0.2, 0.25) is 0 Å². The van der Waals surface area contributed by atoms with Gasteiger partial charge in [-0.2, -0.15) is 0 Å². The van der Waals surface area contributed by atoms with Gasteiger partial charge < -0.3 is 10.2 Å². The van der Waals surface area contributed by atoms with E-state index in [-0.39, 0.29) is 37.7 Å². The topological polar surface area (TPSA) is 70.8 Å². The number of aliphatic imine (C=N–C) groups is 2. The minimum Gasteiger partial charge on any atom is -0.860 e. The second-order valence-corrected chi connectivity index (χ2v) is 4.25. The largest absolute Gasteiger partial charge is 2.00 e. The molecular weight excluding hydrogens is 280 g/mol. The van der Waals surface area contributed by atoms with Gasteiger partial charge in [-0.05, 0) is 11.1 Å². The molecule has 0 fully saturated rings. The van der Waals surface area contributed by atoms with Gasteiger partial charge in [0, 0.05) is 5.90 Å². The fourth-order valence-electron chi connectivity index (χ4n) is 2.29. The molecule has 0 radical (unpaired) electrons. The summed E-state index contributed by atoms with van der Waals surface area (Å²) < 4.78 is 0. The van der Waals surface area contributed by atoms with Crippen LogP contribution in [0.25, 0.3) is 0 Å². The van der Waals surface area contributed by atoms with E-state index < -0.39 is 17.5 Å². The summed E-state index contributed by atoms with van der Waals surface area (Å²) in [6, 6.07) is 17.3. The van der Waals surface area contributed by atoms with E-state index in [1.807, 2.05) is 36.4 Å². The third-order valence-electron chi connectivity index (χ3n) is 3.15. The number of hydrogen-bond donors (Lipinski definition) is 0. The summed E-state index contributed by atoms with van der Waals surface area (Å²) in [4.78, 5) is 7.44. The molecule has 5 heteroatoms. The second kappa shape index (κ2) is 5.95. The Hall–Kier alpha value is -1.36. The Morgan fingerprint density at radius 1 is 0.750 bits per heavy atom. The van der Waals surface area contributed by atoms with E-state index in [1.54, 1.807) is 24.3 Å². The molecule has 94 valence electrons. The molecule has 4 nitrogen and oxygen atoms in total. The predicted molar refractivity (Wildman–Crippen MR) is 74.3 cm³/mol. The number of amidine groups is 1. The van der Waals surface area contributed by atoms with Gasteiger partial charge >= 0.3 is 37.7 Å².